The van der Waals surface area contributed by atoms with E-state index in [9.17, 15) is 14.4 Å². The molecule has 0 atom stereocenters. The Labute approximate surface area is 181 Å². The average molecular weight is 448 g/mol. The number of carbonyl (C=O) groups is 3. The number of aromatic nitrogens is 1. The molecule has 1 aromatic carbocycles. The molecule has 10 heteroatoms. The molecule has 0 radical (unpaired) electrons. The average Bonchev–Trinajstić information content (AvgIpc) is 3.37. The van der Waals surface area contributed by atoms with Crippen LogP contribution in [0.25, 0.3) is 10.8 Å². The summed E-state index contributed by atoms with van der Waals surface area (Å²) in [6.45, 7) is 0.995. The molecule has 2 amide bonds. The number of furan rings is 1. The van der Waals surface area contributed by atoms with Gasteiger partial charge in [0.25, 0.3) is 5.91 Å². The van der Waals surface area contributed by atoms with E-state index >= 15 is 0 Å². The molecule has 0 aliphatic rings. The molecule has 8 nitrogen and oxygen atoms in total. The fraction of sp³-hybridized carbons (Fsp3) is 0.200. The van der Waals surface area contributed by atoms with Crippen LogP contribution in [0.2, 0.25) is 5.02 Å². The van der Waals surface area contributed by atoms with Crippen molar-refractivity contribution in [3.8, 4) is 10.8 Å². The minimum absolute atomic E-state index is 0.123. The van der Waals surface area contributed by atoms with Gasteiger partial charge in [0.1, 0.15) is 0 Å². The van der Waals surface area contributed by atoms with Gasteiger partial charge < -0.3 is 19.4 Å². The Hall–Kier alpha value is -3.17. The Morgan fingerprint density at radius 3 is 2.70 bits per heavy atom. The van der Waals surface area contributed by atoms with Crippen LogP contribution in [0.5, 0.6) is 0 Å². The zero-order valence-corrected chi connectivity index (χ0v) is 17.7. The summed E-state index contributed by atoms with van der Waals surface area (Å²) in [6, 6.07) is 10.2. The van der Waals surface area contributed by atoms with E-state index < -0.39 is 24.4 Å². The maximum Gasteiger partial charge on any atom is 0.358 e. The fourth-order valence-corrected chi connectivity index (χ4v) is 3.51. The number of hydrogen-bond donors (Lipinski definition) is 1. The van der Waals surface area contributed by atoms with Gasteiger partial charge in [-0.15, -0.1) is 11.3 Å². The molecule has 0 saturated heterocycles. The van der Waals surface area contributed by atoms with Crippen molar-refractivity contribution in [1.29, 1.82) is 0 Å². The first-order valence-corrected chi connectivity index (χ1v) is 10.0. The van der Waals surface area contributed by atoms with Gasteiger partial charge in [0.2, 0.25) is 5.91 Å². The number of esters is 1. The van der Waals surface area contributed by atoms with Crippen LogP contribution in [0.15, 0.2) is 47.1 Å². The van der Waals surface area contributed by atoms with Gasteiger partial charge in [-0.3, -0.25) is 9.59 Å². The highest BCUT2D eigenvalue weighted by atomic mass is 35.5. The number of nitrogens with one attached hydrogen (secondary N) is 1. The summed E-state index contributed by atoms with van der Waals surface area (Å²) in [4.78, 5) is 42.7. The van der Waals surface area contributed by atoms with Crippen LogP contribution in [0.4, 0.5) is 5.69 Å². The third kappa shape index (κ3) is 5.25. The summed E-state index contributed by atoms with van der Waals surface area (Å²) >= 11 is 7.28. The van der Waals surface area contributed by atoms with Crippen LogP contribution >= 0.6 is 22.9 Å². The van der Waals surface area contributed by atoms with Crippen LogP contribution in [0.3, 0.4) is 0 Å². The van der Waals surface area contributed by atoms with E-state index in [2.05, 4.69) is 10.3 Å². The van der Waals surface area contributed by atoms with E-state index in [0.717, 1.165) is 4.90 Å². The van der Waals surface area contributed by atoms with Crippen LogP contribution < -0.4 is 5.32 Å². The van der Waals surface area contributed by atoms with Gasteiger partial charge in [0, 0.05) is 11.9 Å². The van der Waals surface area contributed by atoms with Gasteiger partial charge in [-0.25, -0.2) is 9.78 Å². The number of anilines is 1. The monoisotopic (exact) mass is 447 g/mol. The Balaban J connectivity index is 1.51. The first-order chi connectivity index (χ1) is 14.3. The number of ether oxygens (including phenoxy) is 1. The summed E-state index contributed by atoms with van der Waals surface area (Å²) in [5, 5.41) is 3.56. The van der Waals surface area contributed by atoms with Crippen LogP contribution in [0, 0.1) is 6.92 Å². The molecule has 1 N–H and O–H groups in total. The lowest BCUT2D eigenvalue weighted by Gasteiger charge is -2.17. The molecule has 0 spiro atoms. The van der Waals surface area contributed by atoms with Crippen molar-refractivity contribution in [2.24, 2.45) is 0 Å². The normalized spacial score (nSPS) is 10.5. The van der Waals surface area contributed by atoms with E-state index in [1.54, 1.807) is 43.3 Å². The van der Waals surface area contributed by atoms with Crippen molar-refractivity contribution < 1.29 is 23.5 Å². The third-order valence-electron chi connectivity index (χ3n) is 4.00. The zero-order valence-electron chi connectivity index (χ0n) is 16.2. The number of aryl methyl sites for hydroxylation is 1. The number of para-hydroxylation sites is 1. The maximum absolute atomic E-state index is 12.3. The quantitative estimate of drug-likeness (QED) is 0.555. The predicted octanol–water partition coefficient (Wildman–Crippen LogP) is 3.62. The second-order valence-electron chi connectivity index (χ2n) is 6.26. The Bertz CT molecular complexity index is 1060. The molecule has 0 fully saturated rings. The highest BCUT2D eigenvalue weighted by Crippen LogP contribution is 2.28. The van der Waals surface area contributed by atoms with E-state index in [0.29, 0.717) is 26.4 Å². The second-order valence-corrected chi connectivity index (χ2v) is 7.87. The largest absolute Gasteiger partial charge is 0.462 e. The van der Waals surface area contributed by atoms with Gasteiger partial charge in [0.15, 0.2) is 23.1 Å². The first kappa shape index (κ1) is 21.5. The number of nitrogens with zero attached hydrogens (tertiary/aromatic N) is 2. The third-order valence-corrected chi connectivity index (χ3v) is 5.32. The number of thiazole rings is 1. The summed E-state index contributed by atoms with van der Waals surface area (Å²) in [5.74, 6) is -1.13. The molecule has 0 aliphatic carbocycles. The van der Waals surface area contributed by atoms with Crippen LogP contribution in [0.1, 0.15) is 15.4 Å². The molecular formula is C20H18ClN3O5S. The number of halogens is 1. The fourth-order valence-electron chi connectivity index (χ4n) is 2.45. The van der Waals surface area contributed by atoms with Crippen molar-refractivity contribution in [1.82, 2.24) is 9.88 Å². The summed E-state index contributed by atoms with van der Waals surface area (Å²) in [5.41, 5.74) is 0.570. The van der Waals surface area contributed by atoms with Crippen molar-refractivity contribution >= 4 is 46.4 Å². The standard InChI is InChI=1S/C20H18ClN3O5S/c1-12-18(23-19(30-12)15-8-5-9-28-15)20(27)29-11-17(26)24(2)10-16(25)22-14-7-4-3-6-13(14)21/h3-9H,10-11H2,1-2H3,(H,22,25). The van der Waals surface area contributed by atoms with Crippen molar-refractivity contribution in [3.63, 3.8) is 0 Å². The molecule has 0 aliphatic heterocycles. The Morgan fingerprint density at radius 2 is 2.00 bits per heavy atom. The zero-order chi connectivity index (χ0) is 21.7. The van der Waals surface area contributed by atoms with E-state index in [1.165, 1.54) is 24.6 Å². The van der Waals surface area contributed by atoms with Gasteiger partial charge in [-0.2, -0.15) is 0 Å². The van der Waals surface area contributed by atoms with Gasteiger partial charge in [0.05, 0.1) is 23.5 Å². The molecule has 0 saturated carbocycles. The molecule has 3 aromatic rings. The number of amides is 2. The molecule has 0 unspecified atom stereocenters. The number of hydrogen-bond acceptors (Lipinski definition) is 7. The first-order valence-electron chi connectivity index (χ1n) is 8.82. The highest BCUT2D eigenvalue weighted by molar-refractivity contribution is 7.15. The molecule has 3 rings (SSSR count). The summed E-state index contributed by atoms with van der Waals surface area (Å²) in [6.07, 6.45) is 1.51. The molecule has 0 bridgehead atoms. The molecule has 2 heterocycles. The summed E-state index contributed by atoms with van der Waals surface area (Å²) in [7, 11) is 1.44. The smallest absolute Gasteiger partial charge is 0.358 e. The van der Waals surface area contributed by atoms with Gasteiger partial charge in [-0.1, -0.05) is 23.7 Å². The number of carbonyl (C=O) groups excluding carboxylic acids is 3. The van der Waals surface area contributed by atoms with Crippen molar-refractivity contribution in [2.75, 3.05) is 25.5 Å². The minimum atomic E-state index is -0.719. The van der Waals surface area contributed by atoms with Crippen molar-refractivity contribution in [3.05, 3.63) is 58.3 Å². The SMILES string of the molecule is Cc1sc(-c2ccco2)nc1C(=O)OCC(=O)N(C)CC(=O)Nc1ccccc1Cl. The molecule has 30 heavy (non-hydrogen) atoms. The summed E-state index contributed by atoms with van der Waals surface area (Å²) < 4.78 is 10.3. The number of benzene rings is 1. The Morgan fingerprint density at radius 1 is 1.23 bits per heavy atom. The van der Waals surface area contributed by atoms with E-state index in [4.69, 9.17) is 20.8 Å². The van der Waals surface area contributed by atoms with Gasteiger partial charge >= 0.3 is 5.97 Å². The maximum atomic E-state index is 12.3. The lowest BCUT2D eigenvalue weighted by atomic mass is 10.3. The molecular weight excluding hydrogens is 430 g/mol. The number of rotatable bonds is 7. The topological polar surface area (TPSA) is 102 Å². The van der Waals surface area contributed by atoms with E-state index in [1.807, 2.05) is 0 Å². The molecule has 156 valence electrons. The second kappa shape index (κ2) is 9.55. The lowest BCUT2D eigenvalue weighted by molar-refractivity contribution is -0.136. The van der Waals surface area contributed by atoms with Crippen molar-refractivity contribution in [2.45, 2.75) is 6.92 Å². The minimum Gasteiger partial charge on any atom is -0.462 e. The van der Waals surface area contributed by atoms with Gasteiger partial charge in [-0.05, 0) is 31.2 Å². The van der Waals surface area contributed by atoms with Crippen LogP contribution in [-0.2, 0) is 14.3 Å². The predicted molar refractivity (Wildman–Crippen MR) is 113 cm³/mol. The molecule has 2 aromatic heterocycles. The lowest BCUT2D eigenvalue weighted by Crippen LogP contribution is -2.37. The highest BCUT2D eigenvalue weighted by Gasteiger charge is 2.21. The van der Waals surface area contributed by atoms with Crippen LogP contribution in [-0.4, -0.2) is 47.9 Å². The van der Waals surface area contributed by atoms with E-state index in [-0.39, 0.29) is 12.2 Å². The number of likely N-dealkylation sites (N-methyl/N-ethyl adjacent to an activating group) is 1. The Kier molecular flexibility index (Phi) is 6.86.